The van der Waals surface area contributed by atoms with Gasteiger partial charge in [-0.3, -0.25) is 0 Å². The number of nitriles is 1. The molecule has 0 unspecified atom stereocenters. The number of benzene rings is 1. The number of nitrogens with zero attached hydrogens (tertiary/aromatic N) is 1. The van der Waals surface area contributed by atoms with E-state index in [0.717, 1.165) is 19.3 Å². The van der Waals surface area contributed by atoms with Crippen molar-refractivity contribution in [1.82, 2.24) is 10.6 Å². The van der Waals surface area contributed by atoms with Crippen LogP contribution >= 0.6 is 0 Å². The topological polar surface area (TPSA) is 85.2 Å². The molecule has 1 aromatic carbocycles. The molecule has 1 saturated carbocycles. The van der Waals surface area contributed by atoms with Gasteiger partial charge in [-0.15, -0.1) is 0 Å². The highest BCUT2D eigenvalue weighted by Gasteiger charge is 2.33. The van der Waals surface area contributed by atoms with Gasteiger partial charge in [-0.2, -0.15) is 5.26 Å². The van der Waals surface area contributed by atoms with Gasteiger partial charge < -0.3 is 15.7 Å². The van der Waals surface area contributed by atoms with E-state index in [0.29, 0.717) is 18.5 Å². The molecule has 0 saturated heterocycles. The van der Waals surface area contributed by atoms with Gasteiger partial charge in [0.05, 0.1) is 17.2 Å². The molecule has 3 N–H and O–H groups in total. The molecule has 21 heavy (non-hydrogen) atoms. The molecule has 0 aromatic heterocycles. The molecule has 0 atom stereocenters. The van der Waals surface area contributed by atoms with E-state index in [1.54, 1.807) is 0 Å². The van der Waals surface area contributed by atoms with Crippen molar-refractivity contribution in [1.29, 1.82) is 5.26 Å². The summed E-state index contributed by atoms with van der Waals surface area (Å²) in [5.41, 5.74) is -0.0109. The molecule has 0 radical (unpaired) electrons. The van der Waals surface area contributed by atoms with Crippen molar-refractivity contribution >= 4 is 6.03 Å². The van der Waals surface area contributed by atoms with Crippen LogP contribution < -0.4 is 10.6 Å². The molecule has 6 heteroatoms. The van der Waals surface area contributed by atoms with Gasteiger partial charge >= 0.3 is 6.03 Å². The second-order valence-electron chi connectivity index (χ2n) is 5.36. The molecule has 2 amide bonds. The SMILES string of the molecule is N#Cc1ccc(F)c(CNC(=O)NCCC2(O)CCC2)c1. The lowest BCUT2D eigenvalue weighted by molar-refractivity contribution is -0.0389. The highest BCUT2D eigenvalue weighted by atomic mass is 19.1. The maximum absolute atomic E-state index is 13.5. The van der Waals surface area contributed by atoms with E-state index >= 15 is 0 Å². The molecule has 0 aliphatic heterocycles. The van der Waals surface area contributed by atoms with Crippen molar-refractivity contribution in [2.75, 3.05) is 6.54 Å². The van der Waals surface area contributed by atoms with Crippen molar-refractivity contribution in [3.8, 4) is 6.07 Å². The summed E-state index contributed by atoms with van der Waals surface area (Å²) in [6.07, 6.45) is 3.11. The van der Waals surface area contributed by atoms with Crippen LogP contribution in [0.25, 0.3) is 0 Å². The Bertz CT molecular complexity index is 565. The van der Waals surface area contributed by atoms with Gasteiger partial charge in [0, 0.05) is 18.7 Å². The summed E-state index contributed by atoms with van der Waals surface area (Å²) in [6, 6.07) is 5.51. The van der Waals surface area contributed by atoms with Crippen LogP contribution in [-0.4, -0.2) is 23.3 Å². The van der Waals surface area contributed by atoms with E-state index in [9.17, 15) is 14.3 Å². The summed E-state index contributed by atoms with van der Waals surface area (Å²) in [7, 11) is 0. The standard InChI is InChI=1S/C15H18FN3O2/c16-13-3-2-11(9-17)8-12(13)10-19-14(20)18-7-6-15(21)4-1-5-15/h2-3,8,21H,1,4-7,10H2,(H2,18,19,20). The Morgan fingerprint density at radius 1 is 1.43 bits per heavy atom. The number of halogens is 1. The second kappa shape index (κ2) is 6.55. The van der Waals surface area contributed by atoms with Crippen LogP contribution in [-0.2, 0) is 6.54 Å². The quantitative estimate of drug-likeness (QED) is 0.773. The third-order valence-electron chi connectivity index (χ3n) is 3.77. The van der Waals surface area contributed by atoms with Gasteiger partial charge in [0.15, 0.2) is 0 Å². The minimum Gasteiger partial charge on any atom is -0.390 e. The molecule has 2 rings (SSSR count). The Kier molecular flexibility index (Phi) is 4.76. The van der Waals surface area contributed by atoms with Crippen molar-refractivity contribution in [2.24, 2.45) is 0 Å². The smallest absolute Gasteiger partial charge is 0.315 e. The number of hydrogen-bond donors (Lipinski definition) is 3. The zero-order valence-corrected chi connectivity index (χ0v) is 11.7. The molecule has 1 aliphatic rings. The van der Waals surface area contributed by atoms with Crippen LogP contribution in [0.2, 0.25) is 0 Å². The van der Waals surface area contributed by atoms with E-state index in [1.165, 1.54) is 18.2 Å². The first kappa shape index (κ1) is 15.3. The number of carbonyl (C=O) groups is 1. The van der Waals surface area contributed by atoms with E-state index in [-0.39, 0.29) is 12.1 Å². The largest absolute Gasteiger partial charge is 0.390 e. The van der Waals surface area contributed by atoms with E-state index < -0.39 is 17.4 Å². The molecule has 1 aromatic rings. The van der Waals surface area contributed by atoms with Gasteiger partial charge in [-0.1, -0.05) is 0 Å². The first-order valence-corrected chi connectivity index (χ1v) is 6.95. The zero-order chi connectivity index (χ0) is 15.3. The van der Waals surface area contributed by atoms with Crippen LogP contribution in [0, 0.1) is 17.1 Å². The third-order valence-corrected chi connectivity index (χ3v) is 3.77. The first-order chi connectivity index (χ1) is 10.0. The first-order valence-electron chi connectivity index (χ1n) is 6.95. The van der Waals surface area contributed by atoms with Crippen LogP contribution in [0.1, 0.15) is 36.8 Å². The maximum Gasteiger partial charge on any atom is 0.315 e. The zero-order valence-electron chi connectivity index (χ0n) is 11.7. The molecule has 1 aliphatic carbocycles. The van der Waals surface area contributed by atoms with Gasteiger partial charge in [-0.05, 0) is 43.9 Å². The molecular formula is C15H18FN3O2. The summed E-state index contributed by atoms with van der Waals surface area (Å²) < 4.78 is 13.5. The number of nitrogens with one attached hydrogen (secondary N) is 2. The Balaban J connectivity index is 1.75. The van der Waals surface area contributed by atoms with E-state index in [1.807, 2.05) is 6.07 Å². The molecule has 1 fully saturated rings. The third kappa shape index (κ3) is 4.17. The molecular weight excluding hydrogens is 273 g/mol. The Morgan fingerprint density at radius 2 is 2.19 bits per heavy atom. The summed E-state index contributed by atoms with van der Waals surface area (Å²) in [5, 5.41) is 23.8. The predicted octanol–water partition coefficient (Wildman–Crippen LogP) is 1.80. The van der Waals surface area contributed by atoms with Crippen molar-refractivity contribution in [2.45, 2.75) is 37.8 Å². The molecule has 0 spiro atoms. The maximum atomic E-state index is 13.5. The van der Waals surface area contributed by atoms with E-state index in [2.05, 4.69) is 10.6 Å². The monoisotopic (exact) mass is 291 g/mol. The summed E-state index contributed by atoms with van der Waals surface area (Å²) in [4.78, 5) is 11.6. The summed E-state index contributed by atoms with van der Waals surface area (Å²) >= 11 is 0. The lowest BCUT2D eigenvalue weighted by atomic mass is 9.78. The van der Waals surface area contributed by atoms with Crippen LogP contribution in [0.4, 0.5) is 9.18 Å². The number of carbonyl (C=O) groups excluding carboxylic acids is 1. The average molecular weight is 291 g/mol. The fourth-order valence-electron chi connectivity index (χ4n) is 2.26. The van der Waals surface area contributed by atoms with Crippen molar-refractivity contribution < 1.29 is 14.3 Å². The van der Waals surface area contributed by atoms with Gasteiger partial charge in [0.2, 0.25) is 0 Å². The Labute approximate surface area is 122 Å². The molecule has 5 nitrogen and oxygen atoms in total. The highest BCUT2D eigenvalue weighted by Crippen LogP contribution is 2.33. The molecule has 112 valence electrons. The van der Waals surface area contributed by atoms with Gasteiger partial charge in [0.1, 0.15) is 5.82 Å². The van der Waals surface area contributed by atoms with Gasteiger partial charge in [-0.25, -0.2) is 9.18 Å². The van der Waals surface area contributed by atoms with Gasteiger partial charge in [0.25, 0.3) is 0 Å². The Morgan fingerprint density at radius 3 is 2.81 bits per heavy atom. The van der Waals surface area contributed by atoms with Crippen molar-refractivity contribution in [3.05, 3.63) is 35.1 Å². The van der Waals surface area contributed by atoms with Crippen LogP contribution in [0.3, 0.4) is 0 Å². The van der Waals surface area contributed by atoms with Crippen LogP contribution in [0.5, 0.6) is 0 Å². The second-order valence-corrected chi connectivity index (χ2v) is 5.36. The minimum atomic E-state index is -0.624. The minimum absolute atomic E-state index is 0.0114. The fraction of sp³-hybridized carbons (Fsp3) is 0.467. The molecule has 0 bridgehead atoms. The summed E-state index contributed by atoms with van der Waals surface area (Å²) in [5.74, 6) is -0.460. The number of amides is 2. The number of hydrogen-bond acceptors (Lipinski definition) is 3. The number of urea groups is 1. The van der Waals surface area contributed by atoms with Crippen LogP contribution in [0.15, 0.2) is 18.2 Å². The lowest BCUT2D eigenvalue weighted by Gasteiger charge is -2.36. The number of rotatable bonds is 5. The molecule has 0 heterocycles. The average Bonchev–Trinajstić information content (AvgIpc) is 2.44. The predicted molar refractivity (Wildman–Crippen MR) is 74.8 cm³/mol. The van der Waals surface area contributed by atoms with E-state index in [4.69, 9.17) is 5.26 Å². The highest BCUT2D eigenvalue weighted by molar-refractivity contribution is 5.73. The normalized spacial score (nSPS) is 15.7. The Hall–Kier alpha value is -2.13. The lowest BCUT2D eigenvalue weighted by Crippen LogP contribution is -2.42. The van der Waals surface area contributed by atoms with Crippen molar-refractivity contribution in [3.63, 3.8) is 0 Å². The number of aliphatic hydroxyl groups is 1. The fourth-order valence-corrected chi connectivity index (χ4v) is 2.26. The summed E-state index contributed by atoms with van der Waals surface area (Å²) in [6.45, 7) is 0.389.